The minimum absolute atomic E-state index is 0.0434. The van der Waals surface area contributed by atoms with E-state index in [1.54, 1.807) is 0 Å². The Bertz CT molecular complexity index is 439. The molecule has 18 heteroatoms. The highest BCUT2D eigenvalue weighted by Gasteiger charge is 2.23. The number of carboxylic acids is 6. The quantitative estimate of drug-likeness (QED) is 0.126. The molecule has 0 fully saturated rings. The van der Waals surface area contributed by atoms with Crippen molar-refractivity contribution in [2.24, 2.45) is 5.84 Å². The zero-order valence-electron chi connectivity index (χ0n) is 20.1. The molecule has 35 heavy (non-hydrogen) atoms. The first kappa shape index (κ1) is 48.9. The topological polar surface area (TPSA) is 343 Å². The van der Waals surface area contributed by atoms with Gasteiger partial charge in [0.25, 0.3) is 35.8 Å². The van der Waals surface area contributed by atoms with E-state index in [1.807, 2.05) is 0 Å². The van der Waals surface area contributed by atoms with Crippen LogP contribution in [0, 0.1) is 0 Å². The van der Waals surface area contributed by atoms with E-state index in [1.165, 1.54) is 0 Å². The van der Waals surface area contributed by atoms with Crippen LogP contribution in [0.15, 0.2) is 0 Å². The average Bonchev–Trinajstić information content (AvgIpc) is 2.57. The second-order valence-electron chi connectivity index (χ2n) is 5.33. The monoisotopic (exact) mass is 526 g/mol. The summed E-state index contributed by atoms with van der Waals surface area (Å²) in [6, 6.07) is 0. The Balaban J connectivity index is -0.0000000558. The average molecular weight is 526 g/mol. The van der Waals surface area contributed by atoms with Crippen molar-refractivity contribution in [2.75, 3.05) is 13.2 Å². The number of hydrogen-bond donors (Lipinski definition) is 12. The molecule has 18 nitrogen and oxygen atoms in total. The standard InChI is InChI=1S/C5H14N2O4.6C2H4O2/c6-7-1-3(9)5(11)4(10)2-8;6*1-2(3)4/h3-5,7-11H,1-2,6H2;6*1H3,(H,3,4)/t3-,4-,5+;;;;;;/m1....../s1. The molecule has 0 rings (SSSR count). The molecule has 0 aromatic heterocycles. The van der Waals surface area contributed by atoms with Gasteiger partial charge in [0.05, 0.1) is 12.7 Å². The molecule has 0 aliphatic heterocycles. The number of hydrogen-bond acceptors (Lipinski definition) is 12. The van der Waals surface area contributed by atoms with Crippen LogP contribution in [0.5, 0.6) is 0 Å². The van der Waals surface area contributed by atoms with E-state index in [9.17, 15) is 0 Å². The van der Waals surface area contributed by atoms with Crippen molar-refractivity contribution in [3.63, 3.8) is 0 Å². The van der Waals surface area contributed by atoms with Crippen LogP contribution in [-0.2, 0) is 28.8 Å². The van der Waals surface area contributed by atoms with Crippen molar-refractivity contribution in [1.82, 2.24) is 5.43 Å². The summed E-state index contributed by atoms with van der Waals surface area (Å²) in [5.74, 6) is -0.156. The van der Waals surface area contributed by atoms with Gasteiger partial charge in [-0.25, -0.2) is 0 Å². The van der Waals surface area contributed by atoms with E-state index < -0.39 is 60.7 Å². The molecule has 0 bridgehead atoms. The van der Waals surface area contributed by atoms with Crippen LogP contribution < -0.4 is 11.3 Å². The summed E-state index contributed by atoms with van der Waals surface area (Å²) >= 11 is 0. The fraction of sp³-hybridized carbons (Fsp3) is 0.647. The summed E-state index contributed by atoms with van der Waals surface area (Å²) in [5, 5.41) is 79.6. The second kappa shape index (κ2) is 37.9. The van der Waals surface area contributed by atoms with Gasteiger partial charge in [0, 0.05) is 48.1 Å². The highest BCUT2D eigenvalue weighted by atomic mass is 16.4. The van der Waals surface area contributed by atoms with Gasteiger partial charge in [-0.3, -0.25) is 40.0 Å². The van der Waals surface area contributed by atoms with Crippen LogP contribution >= 0.6 is 0 Å². The van der Waals surface area contributed by atoms with Crippen molar-refractivity contribution < 1.29 is 79.8 Å². The van der Waals surface area contributed by atoms with Crippen molar-refractivity contribution in [2.45, 2.75) is 59.9 Å². The van der Waals surface area contributed by atoms with E-state index in [0.29, 0.717) is 0 Å². The van der Waals surface area contributed by atoms with Crippen molar-refractivity contribution in [1.29, 1.82) is 0 Å². The van der Waals surface area contributed by atoms with E-state index in [2.05, 4.69) is 5.43 Å². The normalized spacial score (nSPS) is 10.4. The number of carboxylic acid groups (broad SMARTS) is 6. The number of rotatable bonds is 5. The van der Waals surface area contributed by atoms with Gasteiger partial charge < -0.3 is 51.1 Å². The number of aliphatic hydroxyl groups is 4. The fourth-order valence-corrected chi connectivity index (χ4v) is 0.606. The smallest absolute Gasteiger partial charge is 0.300 e. The van der Waals surface area contributed by atoms with Gasteiger partial charge in [0.15, 0.2) is 0 Å². The van der Waals surface area contributed by atoms with Crippen LogP contribution in [0.1, 0.15) is 41.5 Å². The maximum Gasteiger partial charge on any atom is 0.300 e. The van der Waals surface area contributed by atoms with E-state index in [-0.39, 0.29) is 6.54 Å². The molecule has 3 atom stereocenters. The lowest BCUT2D eigenvalue weighted by atomic mass is 10.1. The van der Waals surface area contributed by atoms with Crippen LogP contribution in [0.3, 0.4) is 0 Å². The summed E-state index contributed by atoms with van der Waals surface area (Å²) in [7, 11) is 0. The molecule has 0 aliphatic carbocycles. The number of hydrazine groups is 1. The Morgan fingerprint density at radius 1 is 0.571 bits per heavy atom. The van der Waals surface area contributed by atoms with Gasteiger partial charge in [-0.1, -0.05) is 0 Å². The van der Waals surface area contributed by atoms with Gasteiger partial charge in [-0.05, 0) is 0 Å². The third kappa shape index (κ3) is 272. The molecular weight excluding hydrogens is 488 g/mol. The maximum absolute atomic E-state index is 9.00. The van der Waals surface area contributed by atoms with E-state index in [0.717, 1.165) is 41.5 Å². The summed E-state index contributed by atoms with van der Waals surface area (Å²) in [6.45, 7) is 5.86. The predicted molar refractivity (Wildman–Crippen MR) is 117 cm³/mol. The Kier molecular flexibility index (Phi) is 52.9. The largest absolute Gasteiger partial charge is 0.481 e. The Morgan fingerprint density at radius 3 is 0.857 bits per heavy atom. The molecule has 0 spiro atoms. The lowest BCUT2D eigenvalue weighted by molar-refractivity contribution is -0.135. The maximum atomic E-state index is 9.00. The molecule has 0 unspecified atom stereocenters. The van der Waals surface area contributed by atoms with E-state index in [4.69, 9.17) is 85.7 Å². The highest BCUT2D eigenvalue weighted by Crippen LogP contribution is 1.97. The molecule has 0 radical (unpaired) electrons. The lowest BCUT2D eigenvalue weighted by Crippen LogP contribution is -2.46. The number of aliphatic hydroxyl groups excluding tert-OH is 4. The summed E-state index contributed by atoms with van der Waals surface area (Å²) in [4.78, 5) is 54.0. The molecule has 0 aliphatic rings. The van der Waals surface area contributed by atoms with Crippen LogP contribution in [0.2, 0.25) is 0 Å². The molecular formula is C17H38N2O16. The minimum atomic E-state index is -1.38. The van der Waals surface area contributed by atoms with Crippen molar-refractivity contribution >= 4 is 35.8 Å². The minimum Gasteiger partial charge on any atom is -0.481 e. The summed E-state index contributed by atoms with van der Waals surface area (Å²) in [5.41, 5.74) is 2.12. The van der Waals surface area contributed by atoms with Gasteiger partial charge in [0.2, 0.25) is 0 Å². The summed E-state index contributed by atoms with van der Waals surface area (Å²) < 4.78 is 0. The number of nitrogens with one attached hydrogen (secondary N) is 1. The van der Waals surface area contributed by atoms with E-state index >= 15 is 0 Å². The van der Waals surface area contributed by atoms with Crippen LogP contribution in [-0.4, -0.2) is 118 Å². The molecule has 0 saturated carbocycles. The Labute approximate surface area is 200 Å². The first-order chi connectivity index (χ1) is 15.5. The third-order valence-electron chi connectivity index (χ3n) is 1.30. The van der Waals surface area contributed by atoms with Crippen LogP contribution in [0.25, 0.3) is 0 Å². The molecule has 0 aromatic rings. The zero-order chi connectivity index (χ0) is 30.3. The van der Waals surface area contributed by atoms with Crippen molar-refractivity contribution in [3.8, 4) is 0 Å². The van der Waals surface area contributed by atoms with Crippen molar-refractivity contribution in [3.05, 3.63) is 0 Å². The Morgan fingerprint density at radius 2 is 0.743 bits per heavy atom. The molecule has 0 saturated heterocycles. The van der Waals surface area contributed by atoms with Gasteiger partial charge in [0.1, 0.15) is 12.2 Å². The Hall–Kier alpha value is -3.42. The first-order valence-corrected chi connectivity index (χ1v) is 8.78. The van der Waals surface area contributed by atoms with Gasteiger partial charge >= 0.3 is 0 Å². The third-order valence-corrected chi connectivity index (χ3v) is 1.30. The van der Waals surface area contributed by atoms with Gasteiger partial charge in [-0.15, -0.1) is 0 Å². The molecule has 212 valence electrons. The molecule has 0 aromatic carbocycles. The second-order valence-corrected chi connectivity index (χ2v) is 5.33. The molecule has 0 heterocycles. The number of nitrogens with two attached hydrogens (primary N) is 1. The lowest BCUT2D eigenvalue weighted by Gasteiger charge is -2.20. The zero-order valence-corrected chi connectivity index (χ0v) is 20.1. The SMILES string of the molecule is CC(=O)O.CC(=O)O.CC(=O)O.CC(=O)O.CC(=O)O.CC(=O)O.NNC[C@@H](O)[C@H](O)[C@H](O)CO. The highest BCUT2D eigenvalue weighted by molar-refractivity contribution is 5.64. The molecule has 0 amide bonds. The summed E-state index contributed by atoms with van der Waals surface area (Å²) in [6.07, 6.45) is -3.89. The van der Waals surface area contributed by atoms with Gasteiger partial charge in [-0.2, -0.15) is 0 Å². The predicted octanol–water partition coefficient (Wildman–Crippen LogP) is -2.93. The van der Waals surface area contributed by atoms with Crippen LogP contribution in [0.4, 0.5) is 0 Å². The fourth-order valence-electron chi connectivity index (χ4n) is 0.606. The number of aliphatic carboxylic acids is 6. The number of carbonyl (C=O) groups is 6. The molecule has 13 N–H and O–H groups in total. The first-order valence-electron chi connectivity index (χ1n) is 8.78.